The largest absolute Gasteiger partial charge is 0 e. The molecule has 3 heteroatoms. The molecule has 0 atom stereocenters. The molecule has 2 radical (unpaired) electrons. The van der Waals surface area contributed by atoms with Crippen molar-refractivity contribution < 1.29 is 59.9 Å². The Hall–Kier alpha value is 1.97. The monoisotopic (exact) mass is 211 g/mol. The van der Waals surface area contributed by atoms with Crippen molar-refractivity contribution in [1.29, 1.82) is 0 Å². The Kier molecular flexibility index (Phi) is 84.2. The third kappa shape index (κ3) is 9.02. The number of hydrogen-bond donors (Lipinski definition) is 0. The van der Waals surface area contributed by atoms with Crippen molar-refractivity contribution >= 4 is 0 Å². The summed E-state index contributed by atoms with van der Waals surface area (Å²) in [6.45, 7) is 0. The van der Waals surface area contributed by atoms with E-state index in [-0.39, 0.29) is 39.4 Å². The molecule has 0 aliphatic carbocycles. The van der Waals surface area contributed by atoms with Gasteiger partial charge in [0, 0.05) is 39.4 Å². The van der Waals surface area contributed by atoms with Gasteiger partial charge in [0.15, 0.2) is 0 Å². The molecule has 0 heterocycles. The van der Waals surface area contributed by atoms with Crippen molar-refractivity contribution in [2.24, 2.45) is 0 Å². The van der Waals surface area contributed by atoms with Crippen molar-refractivity contribution in [3.63, 3.8) is 0 Å². The first-order chi connectivity index (χ1) is 1.00. The summed E-state index contributed by atoms with van der Waals surface area (Å²) in [6.07, 6.45) is 0. The topological polar surface area (TPSA) is 0 Å². The third-order valence-electron chi connectivity index (χ3n) is 0. The van der Waals surface area contributed by atoms with Gasteiger partial charge >= 0.3 is 25.7 Å². The van der Waals surface area contributed by atoms with E-state index in [2.05, 4.69) is 0 Å². The van der Waals surface area contributed by atoms with Gasteiger partial charge in [0.1, 0.15) is 0 Å². The zero-order chi connectivity index (χ0) is 2.00. The Morgan fingerprint density at radius 1 is 1.25 bits per heavy atom. The van der Waals surface area contributed by atoms with Gasteiger partial charge in [-0.1, -0.05) is 0 Å². The van der Waals surface area contributed by atoms with Crippen molar-refractivity contribution in [3.05, 3.63) is 0 Å². The van der Waals surface area contributed by atoms with Crippen LogP contribution >= 0.6 is 0 Å². The van der Waals surface area contributed by atoms with Crippen LogP contribution in [0.3, 0.4) is 0 Å². The van der Waals surface area contributed by atoms with Gasteiger partial charge in [-0.25, -0.2) is 0 Å². The van der Waals surface area contributed by atoms with Gasteiger partial charge in [0.2, 0.25) is 0 Å². The smallest absolute Gasteiger partial charge is 0 e. The van der Waals surface area contributed by atoms with Crippen LogP contribution in [0.25, 0.3) is 0 Å². The van der Waals surface area contributed by atoms with Crippen LogP contribution in [0.1, 0.15) is 0 Å². The van der Waals surface area contributed by atoms with Gasteiger partial charge in [-0.3, -0.25) is 0 Å². The second kappa shape index (κ2) is 20.2. The predicted molar refractivity (Wildman–Crippen MR) is 5.86 cm³/mol. The SMILES string of the molecule is [CH3][Ti].[Mn].[Nb]. The first-order valence-electron chi connectivity index (χ1n) is 0.500. The molecule has 23 valence electrons. The van der Waals surface area contributed by atoms with E-state index in [9.17, 15) is 0 Å². The summed E-state index contributed by atoms with van der Waals surface area (Å²) in [6, 6.07) is 0. The molecule has 0 bridgehead atoms. The minimum atomic E-state index is 0. The van der Waals surface area contributed by atoms with Gasteiger partial charge in [0.05, 0.1) is 0 Å². The standard InChI is InChI=1S/CH3.Mn.Nb.Ti/h1H3;;;. The zero-order valence-electron chi connectivity index (χ0n) is 2.33. The van der Waals surface area contributed by atoms with Gasteiger partial charge in [-0.2, -0.15) is 0 Å². The average molecular weight is 211 g/mol. The molecule has 0 saturated carbocycles. The molecular formula is CH3MnNbTi. The van der Waals surface area contributed by atoms with Crippen LogP contribution in [0, 0.1) is 0 Å². The second-order valence-corrected chi connectivity index (χ2v) is 0. The molecule has 0 spiro atoms. The first kappa shape index (κ1) is 16.7. The van der Waals surface area contributed by atoms with Gasteiger partial charge < -0.3 is 0 Å². The fourth-order valence-electron chi connectivity index (χ4n) is 0. The van der Waals surface area contributed by atoms with Crippen LogP contribution in [0.2, 0.25) is 5.23 Å². The van der Waals surface area contributed by atoms with Crippen molar-refractivity contribution in [3.8, 4) is 0 Å². The minimum absolute atomic E-state index is 0. The van der Waals surface area contributed by atoms with E-state index in [0.717, 1.165) is 0 Å². The Balaban J connectivity index is -0.00000000500. The normalized spacial score (nSPS) is 1.00. The van der Waals surface area contributed by atoms with E-state index in [4.69, 9.17) is 0 Å². The molecule has 0 aliphatic rings. The zero-order valence-corrected chi connectivity index (χ0v) is 7.27. The predicted octanol–water partition coefficient (Wildman–Crippen LogP) is 0.576. The molecule has 0 amide bonds. The van der Waals surface area contributed by atoms with E-state index >= 15 is 0 Å². The summed E-state index contributed by atoms with van der Waals surface area (Å²) in [5, 5.41) is 2.00. The van der Waals surface area contributed by atoms with Crippen LogP contribution in [0.4, 0.5) is 0 Å². The second-order valence-electron chi connectivity index (χ2n) is 0. The molecule has 4 heavy (non-hydrogen) atoms. The van der Waals surface area contributed by atoms with Crippen molar-refractivity contribution in [2.45, 2.75) is 5.23 Å². The van der Waals surface area contributed by atoms with E-state index in [0.29, 0.717) is 0 Å². The van der Waals surface area contributed by atoms with E-state index in [1.165, 1.54) is 0 Å². The summed E-state index contributed by atoms with van der Waals surface area (Å²) in [7, 11) is 0. The fraction of sp³-hybridized carbons (Fsp3) is 1.00. The number of hydrogen-bond acceptors (Lipinski definition) is 0. The number of rotatable bonds is 0. The Bertz CT molecular complexity index is 8.00. The molecular weight excluding hydrogens is 208 g/mol. The van der Waals surface area contributed by atoms with E-state index in [1.807, 2.05) is 25.7 Å². The minimum Gasteiger partial charge on any atom is 0 e. The molecule has 0 unspecified atom stereocenters. The molecule has 0 aromatic carbocycles. The molecule has 0 aromatic heterocycles. The summed E-state index contributed by atoms with van der Waals surface area (Å²) >= 11 is 2.00. The van der Waals surface area contributed by atoms with Crippen LogP contribution < -0.4 is 0 Å². The first-order valence-corrected chi connectivity index (χ1v) is 2.06. The average Bonchev–Trinajstić information content (AvgIpc) is 1.00. The van der Waals surface area contributed by atoms with E-state index < -0.39 is 0 Å². The van der Waals surface area contributed by atoms with Crippen LogP contribution in [-0.4, -0.2) is 0 Å². The molecule has 0 saturated heterocycles. The molecule has 0 aliphatic heterocycles. The van der Waals surface area contributed by atoms with Crippen molar-refractivity contribution in [1.82, 2.24) is 0 Å². The van der Waals surface area contributed by atoms with Crippen LogP contribution in [-0.2, 0) is 59.9 Å². The Morgan fingerprint density at radius 3 is 1.25 bits per heavy atom. The molecule has 0 fully saturated rings. The van der Waals surface area contributed by atoms with Gasteiger partial charge in [0.25, 0.3) is 0 Å². The maximum Gasteiger partial charge on any atom is 0 e. The van der Waals surface area contributed by atoms with E-state index in [1.54, 1.807) is 0 Å². The maximum absolute atomic E-state index is 2.00. The Labute approximate surface area is 64.5 Å². The third-order valence-corrected chi connectivity index (χ3v) is 0. The Morgan fingerprint density at radius 2 is 1.25 bits per heavy atom. The summed E-state index contributed by atoms with van der Waals surface area (Å²) in [4.78, 5) is 0. The fourth-order valence-corrected chi connectivity index (χ4v) is 0. The van der Waals surface area contributed by atoms with Crippen LogP contribution in [0.15, 0.2) is 0 Å². The van der Waals surface area contributed by atoms with Gasteiger partial charge in [-0.05, 0) is 0 Å². The summed E-state index contributed by atoms with van der Waals surface area (Å²) in [5.41, 5.74) is 0. The molecule has 0 nitrogen and oxygen atoms in total. The molecule has 0 rings (SSSR count). The van der Waals surface area contributed by atoms with Crippen molar-refractivity contribution in [2.75, 3.05) is 0 Å². The molecule has 0 N–H and O–H groups in total. The molecule has 0 aromatic rings. The van der Waals surface area contributed by atoms with Crippen LogP contribution in [0.5, 0.6) is 0 Å². The summed E-state index contributed by atoms with van der Waals surface area (Å²) < 4.78 is 0. The summed E-state index contributed by atoms with van der Waals surface area (Å²) in [5.74, 6) is 0. The van der Waals surface area contributed by atoms with Gasteiger partial charge in [-0.15, -0.1) is 0 Å². The maximum atomic E-state index is 2.00. The quantitative estimate of drug-likeness (QED) is 0.513.